The molecule has 1 aromatic carbocycles. The molecule has 0 bridgehead atoms. The van der Waals surface area contributed by atoms with Crippen LogP contribution >= 0.6 is 0 Å². The molecule has 1 fully saturated rings. The van der Waals surface area contributed by atoms with Gasteiger partial charge in [-0.3, -0.25) is 4.79 Å². The lowest BCUT2D eigenvalue weighted by atomic mass is 10.2. The van der Waals surface area contributed by atoms with Crippen LogP contribution in [0, 0.1) is 0 Å². The molecule has 2 unspecified atom stereocenters. The second-order valence-corrected chi connectivity index (χ2v) is 4.78. The Hall–Kier alpha value is -1.59. The van der Waals surface area contributed by atoms with Crippen LogP contribution in [-0.4, -0.2) is 43.4 Å². The summed E-state index contributed by atoms with van der Waals surface area (Å²) in [5.74, 6) is 0.674. The van der Waals surface area contributed by atoms with E-state index in [0.717, 1.165) is 17.9 Å². The van der Waals surface area contributed by atoms with Gasteiger partial charge in [0.25, 0.3) is 0 Å². The van der Waals surface area contributed by atoms with Crippen LogP contribution in [0.2, 0.25) is 0 Å². The number of carbonyl (C=O) groups is 1. The summed E-state index contributed by atoms with van der Waals surface area (Å²) in [4.78, 5) is 14.1. The Labute approximate surface area is 113 Å². The Morgan fingerprint density at radius 1 is 1.42 bits per heavy atom. The molecule has 2 rings (SSSR count). The summed E-state index contributed by atoms with van der Waals surface area (Å²) in [6, 6.07) is 7.07. The normalized spacial score (nSPS) is 24.2. The van der Waals surface area contributed by atoms with E-state index in [1.807, 2.05) is 31.2 Å². The topological polar surface area (TPSA) is 61.8 Å². The van der Waals surface area contributed by atoms with Crippen molar-refractivity contribution in [2.24, 2.45) is 0 Å². The first-order chi connectivity index (χ1) is 9.15. The van der Waals surface area contributed by atoms with Gasteiger partial charge in [0, 0.05) is 18.3 Å². The fourth-order valence-electron chi connectivity index (χ4n) is 2.27. The van der Waals surface area contributed by atoms with Gasteiger partial charge in [-0.25, -0.2) is 0 Å². The highest BCUT2D eigenvalue weighted by Crippen LogP contribution is 2.21. The zero-order valence-corrected chi connectivity index (χ0v) is 11.3. The molecule has 0 aliphatic carbocycles. The predicted octanol–water partition coefficient (Wildman–Crippen LogP) is 0.771. The van der Waals surface area contributed by atoms with Crippen LogP contribution in [0.1, 0.15) is 13.3 Å². The number of benzene rings is 1. The molecule has 2 N–H and O–H groups in total. The Kier molecular flexibility index (Phi) is 4.39. The van der Waals surface area contributed by atoms with Gasteiger partial charge >= 0.3 is 0 Å². The molecule has 1 amide bonds. The number of methoxy groups -OCH3 is 1. The van der Waals surface area contributed by atoms with E-state index in [-0.39, 0.29) is 18.6 Å². The molecular weight excluding hydrogens is 244 g/mol. The highest BCUT2D eigenvalue weighted by molar-refractivity contribution is 5.97. The van der Waals surface area contributed by atoms with Gasteiger partial charge in [0.2, 0.25) is 5.91 Å². The van der Waals surface area contributed by atoms with E-state index in [2.05, 4.69) is 5.32 Å². The van der Waals surface area contributed by atoms with Gasteiger partial charge in [0.1, 0.15) is 11.8 Å². The first-order valence-corrected chi connectivity index (χ1v) is 6.48. The lowest BCUT2D eigenvalue weighted by molar-refractivity contribution is -0.121. The largest absolute Gasteiger partial charge is 0.497 e. The standard InChI is InChI=1S/C14H20N2O3/c1-10-7-8-16(14(18)13(9-17)15-10)11-3-5-12(19-2)6-4-11/h3-6,10,13,15,17H,7-9H2,1-2H3. The predicted molar refractivity (Wildman–Crippen MR) is 73.4 cm³/mol. The summed E-state index contributed by atoms with van der Waals surface area (Å²) in [5, 5.41) is 12.5. The molecule has 104 valence electrons. The number of amides is 1. The SMILES string of the molecule is COc1ccc(N2CCC(C)NC(CO)C2=O)cc1. The molecule has 19 heavy (non-hydrogen) atoms. The van der Waals surface area contributed by atoms with Gasteiger partial charge in [-0.05, 0) is 37.6 Å². The van der Waals surface area contributed by atoms with Gasteiger partial charge in [-0.2, -0.15) is 0 Å². The van der Waals surface area contributed by atoms with Crippen molar-refractivity contribution in [1.82, 2.24) is 5.32 Å². The van der Waals surface area contributed by atoms with E-state index < -0.39 is 6.04 Å². The average molecular weight is 264 g/mol. The summed E-state index contributed by atoms with van der Waals surface area (Å²) < 4.78 is 5.11. The Balaban J connectivity index is 2.22. The maximum Gasteiger partial charge on any atom is 0.246 e. The van der Waals surface area contributed by atoms with E-state index in [1.165, 1.54) is 0 Å². The minimum Gasteiger partial charge on any atom is -0.497 e. The first-order valence-electron chi connectivity index (χ1n) is 6.48. The number of hydrogen-bond donors (Lipinski definition) is 2. The lowest BCUT2D eigenvalue weighted by Gasteiger charge is -2.23. The fourth-order valence-corrected chi connectivity index (χ4v) is 2.27. The second kappa shape index (κ2) is 6.04. The number of nitrogens with one attached hydrogen (secondary N) is 1. The molecule has 1 saturated heterocycles. The minimum absolute atomic E-state index is 0.0861. The molecule has 0 aromatic heterocycles. The van der Waals surface area contributed by atoms with Crippen LogP contribution in [-0.2, 0) is 4.79 Å². The van der Waals surface area contributed by atoms with Crippen LogP contribution in [0.4, 0.5) is 5.69 Å². The maximum absolute atomic E-state index is 12.3. The Bertz CT molecular complexity index is 433. The number of nitrogens with zero attached hydrogens (tertiary/aromatic N) is 1. The molecule has 1 aromatic rings. The summed E-state index contributed by atoms with van der Waals surface area (Å²) in [7, 11) is 1.61. The number of anilines is 1. The van der Waals surface area contributed by atoms with Crippen LogP contribution in [0.25, 0.3) is 0 Å². The minimum atomic E-state index is -0.528. The van der Waals surface area contributed by atoms with Gasteiger partial charge in [-0.1, -0.05) is 0 Å². The molecule has 0 radical (unpaired) electrons. The van der Waals surface area contributed by atoms with Crippen molar-refractivity contribution in [3.05, 3.63) is 24.3 Å². The number of carbonyl (C=O) groups excluding carboxylic acids is 1. The Morgan fingerprint density at radius 3 is 2.68 bits per heavy atom. The number of rotatable bonds is 3. The zero-order valence-electron chi connectivity index (χ0n) is 11.3. The number of aliphatic hydroxyl groups is 1. The third-order valence-corrected chi connectivity index (χ3v) is 3.40. The number of hydrogen-bond acceptors (Lipinski definition) is 4. The first kappa shape index (κ1) is 13.8. The van der Waals surface area contributed by atoms with E-state index in [0.29, 0.717) is 6.54 Å². The van der Waals surface area contributed by atoms with Gasteiger partial charge < -0.3 is 20.1 Å². The zero-order chi connectivity index (χ0) is 13.8. The average Bonchev–Trinajstić information content (AvgIpc) is 2.58. The summed E-state index contributed by atoms with van der Waals surface area (Å²) in [5.41, 5.74) is 0.833. The lowest BCUT2D eigenvalue weighted by Crippen LogP contribution is -2.47. The highest BCUT2D eigenvalue weighted by Gasteiger charge is 2.29. The van der Waals surface area contributed by atoms with Gasteiger partial charge in [0.05, 0.1) is 13.7 Å². The van der Waals surface area contributed by atoms with Crippen LogP contribution < -0.4 is 15.0 Å². The molecule has 5 heteroatoms. The monoisotopic (exact) mass is 264 g/mol. The third-order valence-electron chi connectivity index (χ3n) is 3.40. The van der Waals surface area contributed by atoms with Crippen molar-refractivity contribution < 1.29 is 14.6 Å². The highest BCUT2D eigenvalue weighted by atomic mass is 16.5. The van der Waals surface area contributed by atoms with Crippen LogP contribution in [0.5, 0.6) is 5.75 Å². The summed E-state index contributed by atoms with van der Waals surface area (Å²) >= 11 is 0. The number of aliphatic hydroxyl groups excluding tert-OH is 1. The molecule has 1 aliphatic rings. The van der Waals surface area contributed by atoms with Crippen molar-refractivity contribution in [2.75, 3.05) is 25.2 Å². The molecule has 2 atom stereocenters. The van der Waals surface area contributed by atoms with E-state index in [4.69, 9.17) is 4.74 Å². The fraction of sp³-hybridized carbons (Fsp3) is 0.500. The Morgan fingerprint density at radius 2 is 2.11 bits per heavy atom. The van der Waals surface area contributed by atoms with E-state index in [9.17, 15) is 9.90 Å². The molecule has 1 aliphatic heterocycles. The van der Waals surface area contributed by atoms with Crippen molar-refractivity contribution in [3.8, 4) is 5.75 Å². The maximum atomic E-state index is 12.3. The van der Waals surface area contributed by atoms with Crippen molar-refractivity contribution in [3.63, 3.8) is 0 Å². The van der Waals surface area contributed by atoms with Gasteiger partial charge in [0.15, 0.2) is 0 Å². The van der Waals surface area contributed by atoms with Gasteiger partial charge in [-0.15, -0.1) is 0 Å². The molecule has 5 nitrogen and oxygen atoms in total. The summed E-state index contributed by atoms with van der Waals surface area (Å²) in [6.07, 6.45) is 0.855. The van der Waals surface area contributed by atoms with Crippen molar-refractivity contribution in [1.29, 1.82) is 0 Å². The van der Waals surface area contributed by atoms with Crippen molar-refractivity contribution in [2.45, 2.75) is 25.4 Å². The number of ether oxygens (including phenoxy) is 1. The molecular formula is C14H20N2O3. The summed E-state index contributed by atoms with van der Waals surface area (Å²) in [6.45, 7) is 2.49. The van der Waals surface area contributed by atoms with E-state index in [1.54, 1.807) is 12.0 Å². The smallest absolute Gasteiger partial charge is 0.246 e. The van der Waals surface area contributed by atoms with E-state index >= 15 is 0 Å². The third kappa shape index (κ3) is 3.05. The second-order valence-electron chi connectivity index (χ2n) is 4.78. The van der Waals surface area contributed by atoms with Crippen molar-refractivity contribution >= 4 is 11.6 Å². The van der Waals surface area contributed by atoms with Crippen LogP contribution in [0.3, 0.4) is 0 Å². The molecule has 1 heterocycles. The quantitative estimate of drug-likeness (QED) is 0.846. The van der Waals surface area contributed by atoms with Crippen LogP contribution in [0.15, 0.2) is 24.3 Å². The molecule has 0 saturated carbocycles. The molecule has 0 spiro atoms.